The van der Waals surface area contributed by atoms with E-state index in [4.69, 9.17) is 14.2 Å². The number of ether oxygens (including phenoxy) is 3. The first kappa shape index (κ1) is 38.8. The van der Waals surface area contributed by atoms with Gasteiger partial charge in [-0.1, -0.05) is 148 Å². The van der Waals surface area contributed by atoms with Crippen molar-refractivity contribution in [2.75, 3.05) is 13.2 Å². The Balaban J connectivity index is 1.25. The predicted molar refractivity (Wildman–Crippen MR) is 198 cm³/mol. The van der Waals surface area contributed by atoms with Gasteiger partial charge in [-0.3, -0.25) is 0 Å². The van der Waals surface area contributed by atoms with Gasteiger partial charge >= 0.3 is 11.9 Å². The number of rotatable bonds is 25. The molecule has 48 heavy (non-hydrogen) atoms. The van der Waals surface area contributed by atoms with Gasteiger partial charge in [-0.25, -0.2) is 9.59 Å². The summed E-state index contributed by atoms with van der Waals surface area (Å²) in [5, 5.41) is 0. The molecule has 0 aliphatic heterocycles. The molecule has 3 aromatic carbocycles. The normalized spacial score (nSPS) is 11.6. The molecule has 1 unspecified atom stereocenters. The van der Waals surface area contributed by atoms with E-state index in [0.29, 0.717) is 29.4 Å². The molecule has 3 aromatic rings. The summed E-state index contributed by atoms with van der Waals surface area (Å²) in [5.74, 6) is 0.745. The molecule has 0 aliphatic rings. The fourth-order valence-electron chi connectivity index (χ4n) is 5.63. The number of unbranched alkanes of at least 4 members (excludes halogenated alkanes) is 15. The lowest BCUT2D eigenvalue weighted by Gasteiger charge is -2.10. The molecule has 262 valence electrons. The van der Waals surface area contributed by atoms with Crippen molar-refractivity contribution in [1.82, 2.24) is 0 Å². The highest BCUT2D eigenvalue weighted by molar-refractivity contribution is 5.92. The zero-order valence-corrected chi connectivity index (χ0v) is 30.0. The van der Waals surface area contributed by atoms with Crippen LogP contribution >= 0.6 is 0 Å². The molecular formula is C43H60O5. The van der Waals surface area contributed by atoms with E-state index in [1.807, 2.05) is 43.3 Å². The zero-order chi connectivity index (χ0) is 34.2. The summed E-state index contributed by atoms with van der Waals surface area (Å²) >= 11 is 0. The summed E-state index contributed by atoms with van der Waals surface area (Å²) in [6.45, 7) is 7.52. The van der Waals surface area contributed by atoms with Crippen LogP contribution in [0.5, 0.6) is 11.5 Å². The first-order chi connectivity index (χ1) is 23.5. The summed E-state index contributed by atoms with van der Waals surface area (Å²) in [6.07, 6.45) is 22.8. The Bertz CT molecular complexity index is 1280. The fraction of sp³-hybridized carbons (Fsp3) is 0.535. The Morgan fingerprint density at radius 1 is 0.521 bits per heavy atom. The second-order valence-corrected chi connectivity index (χ2v) is 13.3. The number of hydrogen-bond acceptors (Lipinski definition) is 5. The average molecular weight is 657 g/mol. The Labute approximate surface area is 290 Å². The number of benzene rings is 3. The van der Waals surface area contributed by atoms with Crippen LogP contribution in [0.1, 0.15) is 151 Å². The van der Waals surface area contributed by atoms with Gasteiger partial charge < -0.3 is 14.2 Å². The summed E-state index contributed by atoms with van der Waals surface area (Å²) in [6, 6.07) is 21.9. The number of carbonyl (C=O) groups is 2. The van der Waals surface area contributed by atoms with Gasteiger partial charge in [0.15, 0.2) is 0 Å². The molecule has 0 bridgehead atoms. The summed E-state index contributed by atoms with van der Waals surface area (Å²) < 4.78 is 16.8. The topological polar surface area (TPSA) is 61.8 Å². The minimum atomic E-state index is -0.452. The van der Waals surface area contributed by atoms with E-state index >= 15 is 0 Å². The third kappa shape index (κ3) is 15.5. The highest BCUT2D eigenvalue weighted by atomic mass is 16.5. The Morgan fingerprint density at radius 2 is 0.938 bits per heavy atom. The highest BCUT2D eigenvalue weighted by Gasteiger charge is 2.12. The van der Waals surface area contributed by atoms with Crippen LogP contribution in [0.3, 0.4) is 0 Å². The number of esters is 2. The van der Waals surface area contributed by atoms with Crippen LogP contribution in [-0.2, 0) is 4.74 Å². The molecule has 0 saturated carbocycles. The Morgan fingerprint density at radius 3 is 1.44 bits per heavy atom. The minimum Gasteiger partial charge on any atom is -0.494 e. The second-order valence-electron chi connectivity index (χ2n) is 13.3. The Kier molecular flexibility index (Phi) is 19.2. The Hall–Kier alpha value is -3.60. The number of carbonyl (C=O) groups excluding carboxylic acids is 2. The van der Waals surface area contributed by atoms with Gasteiger partial charge in [-0.15, -0.1) is 0 Å². The zero-order valence-electron chi connectivity index (χ0n) is 30.0. The van der Waals surface area contributed by atoms with Crippen LogP contribution in [0, 0.1) is 5.92 Å². The monoisotopic (exact) mass is 656 g/mol. The SMILES string of the molecule is CCCCCCCCCCCCCCCCCCOc1ccc(-c2ccc(C(=O)Oc3ccc(C(=O)OCC(C)CC)cc3)cc2)cc1. The maximum absolute atomic E-state index is 12.7. The first-order valence-electron chi connectivity index (χ1n) is 18.8. The van der Waals surface area contributed by atoms with Crippen molar-refractivity contribution in [3.8, 4) is 22.6 Å². The van der Waals surface area contributed by atoms with E-state index in [9.17, 15) is 9.59 Å². The fourth-order valence-corrected chi connectivity index (χ4v) is 5.63. The predicted octanol–water partition coefficient (Wildman–Crippen LogP) is 12.4. The molecule has 1 atom stereocenters. The average Bonchev–Trinajstić information content (AvgIpc) is 3.12. The molecule has 0 spiro atoms. The molecule has 0 radical (unpaired) electrons. The van der Waals surface area contributed by atoms with Crippen LogP contribution in [0.15, 0.2) is 72.8 Å². The van der Waals surface area contributed by atoms with Crippen molar-refractivity contribution < 1.29 is 23.8 Å². The van der Waals surface area contributed by atoms with Crippen LogP contribution in [0.25, 0.3) is 11.1 Å². The third-order valence-corrected chi connectivity index (χ3v) is 9.07. The third-order valence-electron chi connectivity index (χ3n) is 9.07. The first-order valence-corrected chi connectivity index (χ1v) is 18.8. The van der Waals surface area contributed by atoms with Crippen LogP contribution < -0.4 is 9.47 Å². The van der Waals surface area contributed by atoms with E-state index in [1.165, 1.54) is 96.3 Å². The van der Waals surface area contributed by atoms with Gasteiger partial charge in [0.05, 0.1) is 24.3 Å². The number of hydrogen-bond donors (Lipinski definition) is 0. The molecule has 0 N–H and O–H groups in total. The van der Waals surface area contributed by atoms with E-state index < -0.39 is 5.97 Å². The lowest BCUT2D eigenvalue weighted by Crippen LogP contribution is -2.12. The van der Waals surface area contributed by atoms with Gasteiger partial charge in [0.1, 0.15) is 11.5 Å². The molecule has 3 rings (SSSR count). The van der Waals surface area contributed by atoms with Crippen molar-refractivity contribution >= 4 is 11.9 Å². The molecule has 5 nitrogen and oxygen atoms in total. The smallest absolute Gasteiger partial charge is 0.343 e. The van der Waals surface area contributed by atoms with Crippen molar-refractivity contribution in [3.63, 3.8) is 0 Å². The van der Waals surface area contributed by atoms with Crippen LogP contribution in [-0.4, -0.2) is 25.2 Å². The summed E-state index contributed by atoms with van der Waals surface area (Å²) in [7, 11) is 0. The maximum atomic E-state index is 12.7. The minimum absolute atomic E-state index is 0.317. The molecule has 0 fully saturated rings. The quantitative estimate of drug-likeness (QED) is 0.0516. The van der Waals surface area contributed by atoms with Gasteiger partial charge in [-0.05, 0) is 72.0 Å². The maximum Gasteiger partial charge on any atom is 0.343 e. The lowest BCUT2D eigenvalue weighted by atomic mass is 10.0. The van der Waals surface area contributed by atoms with Crippen molar-refractivity contribution in [3.05, 3.63) is 83.9 Å². The van der Waals surface area contributed by atoms with Gasteiger partial charge in [0.2, 0.25) is 0 Å². The van der Waals surface area contributed by atoms with Crippen molar-refractivity contribution in [1.29, 1.82) is 0 Å². The molecule has 0 amide bonds. The van der Waals surface area contributed by atoms with Crippen LogP contribution in [0.2, 0.25) is 0 Å². The molecule has 0 heterocycles. The lowest BCUT2D eigenvalue weighted by molar-refractivity contribution is 0.0447. The van der Waals surface area contributed by atoms with Crippen molar-refractivity contribution in [2.45, 2.75) is 130 Å². The molecule has 0 aromatic heterocycles. The summed E-state index contributed by atoms with van der Waals surface area (Å²) in [4.78, 5) is 24.9. The van der Waals surface area contributed by atoms with E-state index in [0.717, 1.165) is 36.3 Å². The standard InChI is InChI=1S/C43H60O5/c1-4-6-7-8-9-10-11-12-13-14-15-16-17-18-19-20-33-46-40-29-25-37(26-30-40)36-21-23-39(24-22-36)43(45)48-41-31-27-38(28-32-41)42(44)47-34-35(3)5-2/h21-32,35H,4-20,33-34H2,1-3H3. The van der Waals surface area contributed by atoms with Gasteiger partial charge in [0.25, 0.3) is 0 Å². The second kappa shape index (κ2) is 23.7. The molecule has 0 aliphatic carbocycles. The van der Waals surface area contributed by atoms with Gasteiger partial charge in [0, 0.05) is 0 Å². The van der Waals surface area contributed by atoms with E-state index in [1.54, 1.807) is 36.4 Å². The summed E-state index contributed by atoms with van der Waals surface area (Å²) in [5.41, 5.74) is 2.95. The van der Waals surface area contributed by atoms with E-state index in [-0.39, 0.29) is 5.97 Å². The largest absolute Gasteiger partial charge is 0.494 e. The van der Waals surface area contributed by atoms with E-state index in [2.05, 4.69) is 13.8 Å². The molecular weight excluding hydrogens is 596 g/mol. The molecule has 5 heteroatoms. The molecule has 0 saturated heterocycles. The van der Waals surface area contributed by atoms with Crippen molar-refractivity contribution in [2.24, 2.45) is 5.92 Å². The highest BCUT2D eigenvalue weighted by Crippen LogP contribution is 2.24. The van der Waals surface area contributed by atoms with Crippen LogP contribution in [0.4, 0.5) is 0 Å². The van der Waals surface area contributed by atoms with Gasteiger partial charge in [-0.2, -0.15) is 0 Å².